The zero-order chi connectivity index (χ0) is 18.1. The number of carbonyl (C=O) groups excluding carboxylic acids is 1. The Morgan fingerprint density at radius 1 is 1.04 bits per heavy atom. The molecule has 0 atom stereocenters. The highest BCUT2D eigenvalue weighted by Crippen LogP contribution is 2.22. The molecule has 5 nitrogen and oxygen atoms in total. The molecule has 3 rings (SSSR count). The number of halogens is 1. The number of benzene rings is 2. The van der Waals surface area contributed by atoms with Gasteiger partial charge in [-0.05, 0) is 85.5 Å². The summed E-state index contributed by atoms with van der Waals surface area (Å²) in [5, 5.41) is 12.1. The molecule has 0 aliphatic carbocycles. The van der Waals surface area contributed by atoms with E-state index in [-0.39, 0.29) is 18.1 Å². The van der Waals surface area contributed by atoms with Gasteiger partial charge in [0.15, 0.2) is 5.78 Å². The summed E-state index contributed by atoms with van der Waals surface area (Å²) in [6.45, 7) is 8.04. The molecule has 0 N–H and O–H groups in total. The fourth-order valence-corrected chi connectivity index (χ4v) is 2.74. The van der Waals surface area contributed by atoms with Gasteiger partial charge in [0, 0.05) is 11.1 Å². The van der Waals surface area contributed by atoms with Crippen molar-refractivity contribution in [2.24, 2.45) is 0 Å². The number of tetrazole rings is 1. The molecule has 0 fully saturated rings. The van der Waals surface area contributed by atoms with Crippen LogP contribution in [0.15, 0.2) is 30.3 Å². The molecule has 0 unspecified atom stereocenters. The minimum Gasteiger partial charge on any atom is -0.292 e. The smallest absolute Gasteiger partial charge is 0.204 e. The zero-order valence-corrected chi connectivity index (χ0v) is 14.7. The molecule has 3 aromatic rings. The first-order valence-electron chi connectivity index (χ1n) is 8.01. The first-order valence-corrected chi connectivity index (χ1v) is 8.01. The van der Waals surface area contributed by atoms with Crippen LogP contribution >= 0.6 is 0 Å². The van der Waals surface area contributed by atoms with Crippen LogP contribution in [0.5, 0.6) is 0 Å². The normalized spacial score (nSPS) is 10.9. The van der Waals surface area contributed by atoms with Crippen LogP contribution in [-0.2, 0) is 6.54 Å². The molecule has 1 aromatic heterocycles. The van der Waals surface area contributed by atoms with Crippen LogP contribution in [0.25, 0.3) is 11.4 Å². The van der Waals surface area contributed by atoms with E-state index in [2.05, 4.69) is 22.3 Å². The van der Waals surface area contributed by atoms with Crippen LogP contribution < -0.4 is 0 Å². The third-order valence-corrected chi connectivity index (χ3v) is 4.62. The Hall–Kier alpha value is -2.89. The van der Waals surface area contributed by atoms with Gasteiger partial charge in [-0.15, -0.1) is 10.2 Å². The van der Waals surface area contributed by atoms with E-state index in [0.29, 0.717) is 17.0 Å². The Kier molecular flexibility index (Phi) is 4.44. The van der Waals surface area contributed by atoms with Crippen LogP contribution in [-0.4, -0.2) is 26.0 Å². The van der Waals surface area contributed by atoms with Crippen LogP contribution in [0.2, 0.25) is 0 Å². The second-order valence-corrected chi connectivity index (χ2v) is 6.19. The van der Waals surface area contributed by atoms with Gasteiger partial charge in [0.25, 0.3) is 0 Å². The van der Waals surface area contributed by atoms with E-state index in [4.69, 9.17) is 0 Å². The number of aryl methyl sites for hydroxylation is 1. The maximum absolute atomic E-state index is 13.0. The first-order chi connectivity index (χ1) is 11.9. The number of nitrogens with zero attached hydrogens (tertiary/aromatic N) is 4. The quantitative estimate of drug-likeness (QED) is 0.682. The van der Waals surface area contributed by atoms with Crippen molar-refractivity contribution in [2.75, 3.05) is 0 Å². The van der Waals surface area contributed by atoms with Crippen molar-refractivity contribution in [3.05, 3.63) is 64.0 Å². The molecule has 0 saturated heterocycles. The summed E-state index contributed by atoms with van der Waals surface area (Å²) in [4.78, 5) is 13.9. The largest absolute Gasteiger partial charge is 0.292 e. The van der Waals surface area contributed by atoms with Gasteiger partial charge in [-0.1, -0.05) is 0 Å². The van der Waals surface area contributed by atoms with Crippen LogP contribution in [0.1, 0.15) is 32.6 Å². The number of Topliss-reactive ketones (excluding diaryl/α,β-unsaturated/α-hetero) is 1. The monoisotopic (exact) mass is 338 g/mol. The summed E-state index contributed by atoms with van der Waals surface area (Å²) in [6.07, 6.45) is 0. The van der Waals surface area contributed by atoms with Crippen molar-refractivity contribution in [3.63, 3.8) is 0 Å². The Morgan fingerprint density at radius 3 is 2.40 bits per heavy atom. The molecule has 0 radical (unpaired) electrons. The van der Waals surface area contributed by atoms with E-state index >= 15 is 0 Å². The van der Waals surface area contributed by atoms with Gasteiger partial charge < -0.3 is 0 Å². The molecular formula is C19H19FN4O. The minimum absolute atomic E-state index is 0.0109. The molecule has 0 bridgehead atoms. The average molecular weight is 338 g/mol. The number of aromatic nitrogens is 4. The maximum atomic E-state index is 13.0. The van der Waals surface area contributed by atoms with E-state index in [1.807, 2.05) is 26.8 Å². The second-order valence-electron chi connectivity index (χ2n) is 6.19. The van der Waals surface area contributed by atoms with Crippen LogP contribution in [0.3, 0.4) is 0 Å². The summed E-state index contributed by atoms with van der Waals surface area (Å²) in [6, 6.07) is 7.74. The molecule has 128 valence electrons. The lowest BCUT2D eigenvalue weighted by atomic mass is 9.93. The molecule has 1 heterocycles. The minimum atomic E-state index is -0.327. The number of hydrogen-bond acceptors (Lipinski definition) is 4. The second kappa shape index (κ2) is 6.55. The van der Waals surface area contributed by atoms with Gasteiger partial charge in [0.1, 0.15) is 12.4 Å². The SMILES string of the molecule is Cc1cc(C(=O)Cn2nnc(-c3ccc(F)cc3)n2)c(C)c(C)c1C. The Bertz CT molecular complexity index is 945. The molecule has 0 saturated carbocycles. The highest BCUT2D eigenvalue weighted by molar-refractivity contribution is 5.97. The lowest BCUT2D eigenvalue weighted by molar-refractivity contribution is 0.0960. The Labute approximate surface area is 145 Å². The van der Waals surface area contributed by atoms with Gasteiger partial charge in [0.05, 0.1) is 0 Å². The maximum Gasteiger partial charge on any atom is 0.204 e. The third kappa shape index (κ3) is 3.33. The van der Waals surface area contributed by atoms with Crippen molar-refractivity contribution in [1.29, 1.82) is 0 Å². The van der Waals surface area contributed by atoms with Crippen molar-refractivity contribution in [3.8, 4) is 11.4 Å². The fourth-order valence-electron chi connectivity index (χ4n) is 2.74. The molecule has 25 heavy (non-hydrogen) atoms. The van der Waals surface area contributed by atoms with Gasteiger partial charge in [0.2, 0.25) is 5.82 Å². The standard InChI is InChI=1S/C19H19FN4O/c1-11-9-17(14(4)13(3)12(11)2)18(25)10-24-22-19(21-23-24)15-5-7-16(20)8-6-15/h5-9H,10H2,1-4H3. The molecule has 0 spiro atoms. The fraction of sp³-hybridized carbons (Fsp3) is 0.263. The van der Waals surface area contributed by atoms with E-state index in [0.717, 1.165) is 16.7 Å². The Morgan fingerprint density at radius 2 is 1.72 bits per heavy atom. The van der Waals surface area contributed by atoms with Gasteiger partial charge in [-0.3, -0.25) is 4.79 Å². The molecule has 6 heteroatoms. The summed E-state index contributed by atoms with van der Waals surface area (Å²) in [7, 11) is 0. The molecule has 0 aliphatic rings. The van der Waals surface area contributed by atoms with Gasteiger partial charge in [-0.2, -0.15) is 4.80 Å². The Balaban J connectivity index is 1.84. The first kappa shape index (κ1) is 17.0. The average Bonchev–Trinajstić information content (AvgIpc) is 3.05. The van der Waals surface area contributed by atoms with Crippen molar-refractivity contribution >= 4 is 5.78 Å². The summed E-state index contributed by atoms with van der Waals surface area (Å²) >= 11 is 0. The number of ketones is 1. The number of rotatable bonds is 4. The summed E-state index contributed by atoms with van der Waals surface area (Å²) in [5.41, 5.74) is 5.73. The third-order valence-electron chi connectivity index (χ3n) is 4.62. The highest BCUT2D eigenvalue weighted by Gasteiger charge is 2.16. The van der Waals surface area contributed by atoms with Crippen molar-refractivity contribution < 1.29 is 9.18 Å². The lowest BCUT2D eigenvalue weighted by Crippen LogP contribution is -2.15. The topological polar surface area (TPSA) is 60.7 Å². The number of carbonyl (C=O) groups is 1. The van der Waals surface area contributed by atoms with E-state index in [1.54, 1.807) is 12.1 Å². The molecular weight excluding hydrogens is 319 g/mol. The molecule has 0 aliphatic heterocycles. The predicted octanol–water partition coefficient (Wildman–Crippen LogP) is 3.60. The van der Waals surface area contributed by atoms with Gasteiger partial charge >= 0.3 is 0 Å². The molecule has 2 aromatic carbocycles. The summed E-state index contributed by atoms with van der Waals surface area (Å²) in [5.74, 6) is -0.0283. The summed E-state index contributed by atoms with van der Waals surface area (Å²) < 4.78 is 13.0. The van der Waals surface area contributed by atoms with Crippen LogP contribution in [0, 0.1) is 33.5 Å². The van der Waals surface area contributed by atoms with Crippen molar-refractivity contribution in [2.45, 2.75) is 34.2 Å². The highest BCUT2D eigenvalue weighted by atomic mass is 19.1. The van der Waals surface area contributed by atoms with E-state index < -0.39 is 0 Å². The lowest BCUT2D eigenvalue weighted by Gasteiger charge is -2.13. The van der Waals surface area contributed by atoms with E-state index in [9.17, 15) is 9.18 Å². The van der Waals surface area contributed by atoms with Gasteiger partial charge in [-0.25, -0.2) is 4.39 Å². The van der Waals surface area contributed by atoms with Crippen molar-refractivity contribution in [1.82, 2.24) is 20.2 Å². The van der Waals surface area contributed by atoms with E-state index in [1.165, 1.54) is 22.5 Å². The zero-order valence-electron chi connectivity index (χ0n) is 14.7. The van der Waals surface area contributed by atoms with Crippen LogP contribution in [0.4, 0.5) is 4.39 Å². The predicted molar refractivity (Wildman–Crippen MR) is 92.9 cm³/mol. The number of hydrogen-bond donors (Lipinski definition) is 0. The molecule has 0 amide bonds.